The molecule has 0 saturated carbocycles. The topological polar surface area (TPSA) is 79.4 Å². The molecule has 1 saturated heterocycles. The van der Waals surface area contributed by atoms with Gasteiger partial charge in [0.25, 0.3) is 5.91 Å². The second-order valence-corrected chi connectivity index (χ2v) is 9.87. The zero-order chi connectivity index (χ0) is 18.1. The van der Waals surface area contributed by atoms with Crippen LogP contribution in [0.2, 0.25) is 0 Å². The molecule has 3 aromatic rings. The van der Waals surface area contributed by atoms with E-state index in [1.807, 2.05) is 24.3 Å². The standard InChI is InChI=1S/C17H17N3O3S3/c21-16(19-17-18-12-6-2-3-7-13(12)25-17)15-14(8-11-24-15)26(22,23)20-9-4-1-5-10-20/h2-3,6-8,11H,1,4-5,9-10H2,(H,18,19,21). The minimum atomic E-state index is -3.65. The molecular formula is C17H17N3O3S3. The summed E-state index contributed by atoms with van der Waals surface area (Å²) in [5, 5.41) is 4.85. The first-order chi connectivity index (χ1) is 12.6. The van der Waals surface area contributed by atoms with E-state index in [4.69, 9.17) is 0 Å². The van der Waals surface area contributed by atoms with Crippen molar-refractivity contribution in [3.8, 4) is 0 Å². The van der Waals surface area contributed by atoms with Gasteiger partial charge in [-0.15, -0.1) is 11.3 Å². The van der Waals surface area contributed by atoms with Gasteiger partial charge in [-0.3, -0.25) is 10.1 Å². The number of nitrogens with one attached hydrogen (secondary N) is 1. The zero-order valence-corrected chi connectivity index (χ0v) is 16.3. The van der Waals surface area contributed by atoms with Crippen LogP contribution in [0.1, 0.15) is 28.9 Å². The van der Waals surface area contributed by atoms with Crippen LogP contribution in [0.5, 0.6) is 0 Å². The lowest BCUT2D eigenvalue weighted by Crippen LogP contribution is -2.36. The highest BCUT2D eigenvalue weighted by Gasteiger charge is 2.31. The first kappa shape index (κ1) is 17.6. The fraction of sp³-hybridized carbons (Fsp3) is 0.294. The molecule has 0 unspecified atom stereocenters. The van der Waals surface area contributed by atoms with Gasteiger partial charge in [0.05, 0.1) is 10.2 Å². The van der Waals surface area contributed by atoms with E-state index in [2.05, 4.69) is 10.3 Å². The normalized spacial score (nSPS) is 16.0. The van der Waals surface area contributed by atoms with Gasteiger partial charge in [-0.05, 0) is 36.4 Å². The van der Waals surface area contributed by atoms with Gasteiger partial charge < -0.3 is 0 Å². The number of para-hydroxylation sites is 1. The van der Waals surface area contributed by atoms with Crippen LogP contribution in [0, 0.1) is 0 Å². The van der Waals surface area contributed by atoms with E-state index in [1.165, 1.54) is 21.7 Å². The van der Waals surface area contributed by atoms with Gasteiger partial charge in [0.15, 0.2) is 5.13 Å². The Labute approximate surface area is 159 Å². The molecule has 4 rings (SSSR count). The first-order valence-electron chi connectivity index (χ1n) is 8.30. The number of nitrogens with zero attached hydrogens (tertiary/aromatic N) is 2. The number of thiophene rings is 1. The quantitative estimate of drug-likeness (QED) is 0.714. The fourth-order valence-electron chi connectivity index (χ4n) is 2.99. The number of carbonyl (C=O) groups excluding carboxylic acids is 1. The predicted molar refractivity (Wildman–Crippen MR) is 105 cm³/mol. The molecule has 0 spiro atoms. The Balaban J connectivity index is 1.60. The van der Waals surface area contributed by atoms with Crippen LogP contribution in [0.3, 0.4) is 0 Å². The number of fused-ring (bicyclic) bond motifs is 1. The van der Waals surface area contributed by atoms with Crippen LogP contribution in [-0.4, -0.2) is 36.7 Å². The Morgan fingerprint density at radius 2 is 1.88 bits per heavy atom. The molecule has 3 heterocycles. The van der Waals surface area contributed by atoms with Crippen molar-refractivity contribution in [2.75, 3.05) is 18.4 Å². The van der Waals surface area contributed by atoms with Gasteiger partial charge in [0.2, 0.25) is 10.0 Å². The van der Waals surface area contributed by atoms with E-state index in [0.29, 0.717) is 18.2 Å². The number of carbonyl (C=O) groups is 1. The zero-order valence-electron chi connectivity index (χ0n) is 13.8. The molecule has 1 N–H and O–H groups in total. The monoisotopic (exact) mass is 407 g/mol. The van der Waals surface area contributed by atoms with Crippen molar-refractivity contribution < 1.29 is 13.2 Å². The van der Waals surface area contributed by atoms with E-state index < -0.39 is 15.9 Å². The number of aromatic nitrogens is 1. The smallest absolute Gasteiger partial charge is 0.268 e. The Morgan fingerprint density at radius 3 is 2.65 bits per heavy atom. The Bertz CT molecular complexity index is 1020. The van der Waals surface area contributed by atoms with Crippen LogP contribution >= 0.6 is 22.7 Å². The highest BCUT2D eigenvalue weighted by molar-refractivity contribution is 7.89. The van der Waals surface area contributed by atoms with Crippen molar-refractivity contribution in [2.45, 2.75) is 24.2 Å². The largest absolute Gasteiger partial charge is 0.297 e. The highest BCUT2D eigenvalue weighted by atomic mass is 32.2. The average molecular weight is 408 g/mol. The highest BCUT2D eigenvalue weighted by Crippen LogP contribution is 2.30. The lowest BCUT2D eigenvalue weighted by Gasteiger charge is -2.25. The van der Waals surface area contributed by atoms with Crippen molar-refractivity contribution in [2.24, 2.45) is 0 Å². The molecule has 1 aliphatic heterocycles. The van der Waals surface area contributed by atoms with Gasteiger partial charge in [0, 0.05) is 13.1 Å². The predicted octanol–water partition coefficient (Wildman–Crippen LogP) is 3.78. The molecule has 0 atom stereocenters. The summed E-state index contributed by atoms with van der Waals surface area (Å²) >= 11 is 2.50. The third-order valence-electron chi connectivity index (χ3n) is 4.28. The Kier molecular flexibility index (Phi) is 4.78. The molecular weight excluding hydrogens is 390 g/mol. The van der Waals surface area contributed by atoms with Gasteiger partial charge >= 0.3 is 0 Å². The lowest BCUT2D eigenvalue weighted by molar-refractivity contribution is 0.102. The third kappa shape index (κ3) is 3.27. The molecule has 2 aromatic heterocycles. The van der Waals surface area contributed by atoms with Gasteiger partial charge in [-0.2, -0.15) is 4.31 Å². The minimum absolute atomic E-state index is 0.0861. The van der Waals surface area contributed by atoms with Crippen molar-refractivity contribution in [3.63, 3.8) is 0 Å². The number of piperidine rings is 1. The maximum atomic E-state index is 12.9. The van der Waals surface area contributed by atoms with Crippen LogP contribution in [0.25, 0.3) is 10.2 Å². The first-order valence-corrected chi connectivity index (χ1v) is 11.4. The van der Waals surface area contributed by atoms with E-state index in [0.717, 1.165) is 40.8 Å². The van der Waals surface area contributed by atoms with E-state index in [9.17, 15) is 13.2 Å². The number of rotatable bonds is 4. The molecule has 1 aromatic carbocycles. The van der Waals surface area contributed by atoms with Gasteiger partial charge in [0.1, 0.15) is 9.77 Å². The molecule has 0 radical (unpaired) electrons. The van der Waals surface area contributed by atoms with Crippen LogP contribution < -0.4 is 5.32 Å². The summed E-state index contributed by atoms with van der Waals surface area (Å²) in [7, 11) is -3.65. The molecule has 0 aliphatic carbocycles. The number of hydrogen-bond donors (Lipinski definition) is 1. The van der Waals surface area contributed by atoms with Gasteiger partial charge in [-0.25, -0.2) is 13.4 Å². The lowest BCUT2D eigenvalue weighted by atomic mass is 10.2. The molecule has 1 fully saturated rings. The molecule has 1 aliphatic rings. The molecule has 0 bridgehead atoms. The number of benzene rings is 1. The fourth-order valence-corrected chi connectivity index (χ4v) is 6.66. The summed E-state index contributed by atoms with van der Waals surface area (Å²) in [5.41, 5.74) is 0.806. The number of hydrogen-bond acceptors (Lipinski definition) is 6. The van der Waals surface area contributed by atoms with E-state index >= 15 is 0 Å². The van der Waals surface area contributed by atoms with Crippen molar-refractivity contribution >= 4 is 54.0 Å². The number of thiazole rings is 1. The maximum Gasteiger partial charge on any atom is 0.268 e. The summed E-state index contributed by atoms with van der Waals surface area (Å²) in [6, 6.07) is 9.12. The number of sulfonamides is 1. The Hall–Kier alpha value is -1.81. The van der Waals surface area contributed by atoms with Gasteiger partial charge in [-0.1, -0.05) is 29.9 Å². The number of amides is 1. The molecule has 9 heteroatoms. The second-order valence-electron chi connectivity index (χ2n) is 6.02. The molecule has 136 valence electrons. The van der Waals surface area contributed by atoms with Crippen LogP contribution in [0.4, 0.5) is 5.13 Å². The van der Waals surface area contributed by atoms with Crippen LogP contribution in [0.15, 0.2) is 40.6 Å². The number of anilines is 1. The second kappa shape index (κ2) is 7.07. The van der Waals surface area contributed by atoms with E-state index in [-0.39, 0.29) is 9.77 Å². The molecule has 1 amide bonds. The summed E-state index contributed by atoms with van der Waals surface area (Å²) in [5.74, 6) is -0.436. The molecule has 6 nitrogen and oxygen atoms in total. The van der Waals surface area contributed by atoms with Crippen molar-refractivity contribution in [1.82, 2.24) is 9.29 Å². The summed E-state index contributed by atoms with van der Waals surface area (Å²) in [6.45, 7) is 1.02. The average Bonchev–Trinajstić information content (AvgIpc) is 3.29. The third-order valence-corrected chi connectivity index (χ3v) is 8.22. The SMILES string of the molecule is O=C(Nc1nc2ccccc2s1)c1sccc1S(=O)(=O)N1CCCCC1. The van der Waals surface area contributed by atoms with E-state index in [1.54, 1.807) is 5.38 Å². The summed E-state index contributed by atoms with van der Waals surface area (Å²) < 4.78 is 28.3. The van der Waals surface area contributed by atoms with Crippen molar-refractivity contribution in [3.05, 3.63) is 40.6 Å². The summed E-state index contributed by atoms with van der Waals surface area (Å²) in [6.07, 6.45) is 2.76. The van der Waals surface area contributed by atoms with Crippen molar-refractivity contribution in [1.29, 1.82) is 0 Å². The maximum absolute atomic E-state index is 12.9. The van der Waals surface area contributed by atoms with Crippen LogP contribution in [-0.2, 0) is 10.0 Å². The Morgan fingerprint density at radius 1 is 1.12 bits per heavy atom. The summed E-state index contributed by atoms with van der Waals surface area (Å²) in [4.78, 5) is 17.4. The minimum Gasteiger partial charge on any atom is -0.297 e. The molecule has 26 heavy (non-hydrogen) atoms.